The summed E-state index contributed by atoms with van der Waals surface area (Å²) in [5.74, 6) is 0. The molecule has 0 spiro atoms. The molecule has 1 heterocycles. The molecule has 1 aromatic carbocycles. The second-order valence-corrected chi connectivity index (χ2v) is 8.11. The maximum Gasteiger partial charge on any atom is 0.242 e. The molecule has 0 bridgehead atoms. The normalized spacial score (nSPS) is 22.4. The average molecular weight is 337 g/mol. The number of rotatable bonds is 5. The summed E-state index contributed by atoms with van der Waals surface area (Å²) in [6, 6.07) is 6.79. The molecule has 23 heavy (non-hydrogen) atoms. The quantitative estimate of drug-likeness (QED) is 0.807. The highest BCUT2D eigenvalue weighted by molar-refractivity contribution is 7.89. The molecule has 1 fully saturated rings. The van der Waals surface area contributed by atoms with E-state index in [1.165, 1.54) is 10.4 Å². The number of hydrogen-bond acceptors (Lipinski definition) is 5. The molecule has 1 saturated heterocycles. The average Bonchev–Trinajstić information content (AvgIpc) is 2.87. The van der Waals surface area contributed by atoms with E-state index in [0.29, 0.717) is 17.7 Å². The van der Waals surface area contributed by atoms with E-state index in [1.54, 1.807) is 33.2 Å². The van der Waals surface area contributed by atoms with Gasteiger partial charge in [-0.3, -0.25) is 4.90 Å². The monoisotopic (exact) mass is 337 g/mol. The van der Waals surface area contributed by atoms with Crippen molar-refractivity contribution in [2.24, 2.45) is 0 Å². The van der Waals surface area contributed by atoms with E-state index in [-0.39, 0.29) is 17.0 Å². The lowest BCUT2D eigenvalue weighted by Gasteiger charge is -2.25. The van der Waals surface area contributed by atoms with E-state index in [4.69, 9.17) is 10.00 Å². The Morgan fingerprint density at radius 1 is 1.48 bits per heavy atom. The van der Waals surface area contributed by atoms with Crippen LogP contribution in [0.25, 0.3) is 0 Å². The number of sulfonamides is 1. The Balaban J connectivity index is 2.16. The van der Waals surface area contributed by atoms with Gasteiger partial charge >= 0.3 is 0 Å². The fourth-order valence-electron chi connectivity index (χ4n) is 2.91. The summed E-state index contributed by atoms with van der Waals surface area (Å²) in [4.78, 5) is 2.35. The van der Waals surface area contributed by atoms with E-state index in [9.17, 15) is 8.42 Å². The lowest BCUT2D eigenvalue weighted by molar-refractivity contribution is 0.111. The topological polar surface area (TPSA) is 73.6 Å². The second-order valence-electron chi connectivity index (χ2n) is 6.06. The van der Waals surface area contributed by atoms with Crippen LogP contribution in [0.1, 0.15) is 17.5 Å². The van der Waals surface area contributed by atoms with Gasteiger partial charge in [0.25, 0.3) is 0 Å². The molecule has 7 heteroatoms. The Kier molecular flexibility index (Phi) is 5.42. The lowest BCUT2D eigenvalue weighted by atomic mass is 10.1. The maximum absolute atomic E-state index is 12.7. The molecule has 126 valence electrons. The number of ether oxygens (including phenoxy) is 1. The minimum atomic E-state index is -3.57. The van der Waals surface area contributed by atoms with Crippen LogP contribution in [0.15, 0.2) is 23.1 Å². The van der Waals surface area contributed by atoms with Crippen LogP contribution in [-0.4, -0.2) is 64.1 Å². The number of benzene rings is 1. The van der Waals surface area contributed by atoms with Crippen molar-refractivity contribution in [1.82, 2.24) is 9.21 Å². The van der Waals surface area contributed by atoms with Crippen LogP contribution in [0.2, 0.25) is 0 Å². The minimum Gasteiger partial charge on any atom is -0.380 e. The number of aryl methyl sites for hydroxylation is 1. The van der Waals surface area contributed by atoms with Gasteiger partial charge in [-0.2, -0.15) is 9.57 Å². The number of hydrogen-bond donors (Lipinski definition) is 0. The van der Waals surface area contributed by atoms with Crippen molar-refractivity contribution in [1.29, 1.82) is 5.26 Å². The first-order valence-corrected chi connectivity index (χ1v) is 8.93. The predicted molar refractivity (Wildman–Crippen MR) is 87.5 cm³/mol. The first-order valence-electron chi connectivity index (χ1n) is 7.49. The van der Waals surface area contributed by atoms with E-state index in [2.05, 4.69) is 4.90 Å². The molecule has 1 aromatic rings. The summed E-state index contributed by atoms with van der Waals surface area (Å²) in [5.41, 5.74) is 1.16. The molecular formula is C16H23N3O3S. The molecule has 1 aliphatic rings. The van der Waals surface area contributed by atoms with Crippen LogP contribution in [0.3, 0.4) is 0 Å². The Bertz CT molecular complexity index is 712. The molecule has 0 aromatic heterocycles. The number of likely N-dealkylation sites (N-methyl/N-ethyl adjacent to an activating group) is 2. The van der Waals surface area contributed by atoms with Crippen molar-refractivity contribution < 1.29 is 13.2 Å². The summed E-state index contributed by atoms with van der Waals surface area (Å²) < 4.78 is 32.2. The molecular weight excluding hydrogens is 314 g/mol. The fraction of sp³-hybridized carbons (Fsp3) is 0.562. The lowest BCUT2D eigenvalue weighted by Crippen LogP contribution is -2.39. The second kappa shape index (κ2) is 6.97. The van der Waals surface area contributed by atoms with Crippen molar-refractivity contribution in [3.8, 4) is 6.07 Å². The van der Waals surface area contributed by atoms with E-state index < -0.39 is 10.0 Å². The van der Waals surface area contributed by atoms with Crippen LogP contribution in [0, 0.1) is 18.3 Å². The molecule has 0 N–H and O–H groups in total. The third-order valence-corrected chi connectivity index (χ3v) is 6.30. The van der Waals surface area contributed by atoms with Gasteiger partial charge < -0.3 is 4.74 Å². The predicted octanol–water partition coefficient (Wildman–Crippen LogP) is 1.21. The molecule has 1 aliphatic heterocycles. The Morgan fingerprint density at radius 2 is 2.17 bits per heavy atom. The van der Waals surface area contributed by atoms with E-state index in [1.807, 2.05) is 13.1 Å². The van der Waals surface area contributed by atoms with Gasteiger partial charge in [-0.05, 0) is 44.2 Å². The first-order chi connectivity index (χ1) is 10.8. The van der Waals surface area contributed by atoms with Crippen molar-refractivity contribution in [3.63, 3.8) is 0 Å². The number of nitrogens with zero attached hydrogens (tertiary/aromatic N) is 3. The molecule has 2 atom stereocenters. The summed E-state index contributed by atoms with van der Waals surface area (Å²) in [6.45, 7) is 2.97. The Morgan fingerprint density at radius 3 is 2.70 bits per heavy atom. The molecule has 0 radical (unpaired) electrons. The highest BCUT2D eigenvalue weighted by Gasteiger charge is 2.33. The third-order valence-electron chi connectivity index (χ3n) is 4.48. The van der Waals surface area contributed by atoms with Crippen molar-refractivity contribution >= 4 is 10.0 Å². The summed E-state index contributed by atoms with van der Waals surface area (Å²) in [5, 5.41) is 8.96. The van der Waals surface area contributed by atoms with Crippen LogP contribution >= 0.6 is 0 Å². The zero-order valence-corrected chi connectivity index (χ0v) is 14.8. The Labute approximate surface area is 138 Å². The van der Waals surface area contributed by atoms with Crippen molar-refractivity contribution in [2.75, 3.05) is 34.3 Å². The highest BCUT2D eigenvalue weighted by atomic mass is 32.2. The summed E-state index contributed by atoms with van der Waals surface area (Å²) >= 11 is 0. The van der Waals surface area contributed by atoms with Gasteiger partial charge in [-0.25, -0.2) is 8.42 Å². The van der Waals surface area contributed by atoms with Gasteiger partial charge in [-0.1, -0.05) is 0 Å². The van der Waals surface area contributed by atoms with Crippen LogP contribution in [0.4, 0.5) is 0 Å². The van der Waals surface area contributed by atoms with Crippen LogP contribution in [-0.2, 0) is 14.8 Å². The van der Waals surface area contributed by atoms with Gasteiger partial charge in [0, 0.05) is 33.3 Å². The van der Waals surface area contributed by atoms with Gasteiger partial charge in [0.05, 0.1) is 22.6 Å². The number of methoxy groups -OCH3 is 1. The molecule has 0 saturated carbocycles. The van der Waals surface area contributed by atoms with Gasteiger partial charge in [0.2, 0.25) is 10.0 Å². The van der Waals surface area contributed by atoms with Crippen LogP contribution < -0.4 is 0 Å². The SMILES string of the molecule is CO[C@H]1C[C@@H](CN(C)S(=O)(=O)c2ccc(C#N)c(C)c2)N(C)C1. The van der Waals surface area contributed by atoms with Crippen molar-refractivity contribution in [3.05, 3.63) is 29.3 Å². The third kappa shape index (κ3) is 3.72. The molecule has 0 amide bonds. The number of nitriles is 1. The molecule has 0 unspecified atom stereocenters. The van der Waals surface area contributed by atoms with Crippen LogP contribution in [0.5, 0.6) is 0 Å². The van der Waals surface area contributed by atoms with Gasteiger partial charge in [0.15, 0.2) is 0 Å². The van der Waals surface area contributed by atoms with Gasteiger partial charge in [-0.15, -0.1) is 0 Å². The molecule has 0 aliphatic carbocycles. The maximum atomic E-state index is 12.7. The zero-order chi connectivity index (χ0) is 17.2. The number of likely N-dealkylation sites (tertiary alicyclic amines) is 1. The first kappa shape index (κ1) is 17.9. The van der Waals surface area contributed by atoms with Gasteiger partial charge in [0.1, 0.15) is 0 Å². The largest absolute Gasteiger partial charge is 0.380 e. The van der Waals surface area contributed by atoms with E-state index >= 15 is 0 Å². The molecule has 6 nitrogen and oxygen atoms in total. The highest BCUT2D eigenvalue weighted by Crippen LogP contribution is 2.22. The van der Waals surface area contributed by atoms with E-state index in [0.717, 1.165) is 13.0 Å². The summed E-state index contributed by atoms with van der Waals surface area (Å²) in [7, 11) is 1.69. The summed E-state index contributed by atoms with van der Waals surface area (Å²) in [6.07, 6.45) is 0.970. The molecule has 2 rings (SSSR count). The smallest absolute Gasteiger partial charge is 0.242 e. The Hall–Kier alpha value is -1.46. The fourth-order valence-corrected chi connectivity index (χ4v) is 4.20. The minimum absolute atomic E-state index is 0.138. The van der Waals surface area contributed by atoms with Crippen molar-refractivity contribution in [2.45, 2.75) is 30.4 Å². The standard InChI is InChI=1S/C16H23N3O3S/c1-12-7-16(6-5-13(12)9-17)23(20,21)19(3)10-14-8-15(22-4)11-18(14)2/h5-7,14-15H,8,10-11H2,1-4H3/t14-,15-/m0/s1. The zero-order valence-electron chi connectivity index (χ0n) is 14.0.